The number of sulfonamides is 1. The largest absolute Gasteiger partial charge is 0.495 e. The van der Waals surface area contributed by atoms with Crippen molar-refractivity contribution in [3.05, 3.63) is 40.9 Å². The quantitative estimate of drug-likeness (QED) is 0.181. The average Bonchev–Trinajstić information content (AvgIpc) is 3.22. The van der Waals surface area contributed by atoms with E-state index >= 15 is 0 Å². The number of H-pyrrole nitrogens is 1. The molecule has 0 saturated carbocycles. The zero-order valence-corrected chi connectivity index (χ0v) is 22.6. The molecule has 1 aliphatic rings. The number of nitrogens with zero attached hydrogens (tertiary/aromatic N) is 2. The van der Waals surface area contributed by atoms with E-state index < -0.39 is 19.5 Å². The van der Waals surface area contributed by atoms with Crippen LogP contribution < -0.4 is 25.8 Å². The lowest BCUT2D eigenvalue weighted by Crippen LogP contribution is -2.42. The summed E-state index contributed by atoms with van der Waals surface area (Å²) in [6.07, 6.45) is 1.31. The number of piperidine rings is 1. The number of benzene rings is 2. The highest BCUT2D eigenvalue weighted by Gasteiger charge is 2.33. The van der Waals surface area contributed by atoms with Gasteiger partial charge < -0.3 is 21.1 Å². The molecule has 0 bridgehead atoms. The van der Waals surface area contributed by atoms with E-state index in [0.717, 1.165) is 22.6 Å². The van der Waals surface area contributed by atoms with Gasteiger partial charge in [0.1, 0.15) is 10.6 Å². The predicted octanol–water partition coefficient (Wildman–Crippen LogP) is 3.97. The summed E-state index contributed by atoms with van der Waals surface area (Å²) in [6, 6.07) is 6.58. The van der Waals surface area contributed by atoms with Crippen LogP contribution in [-0.4, -0.2) is 49.8 Å². The van der Waals surface area contributed by atoms with E-state index in [9.17, 15) is 17.2 Å². The molecule has 0 radical (unpaired) electrons. The summed E-state index contributed by atoms with van der Waals surface area (Å²) < 4.78 is 60.3. The topological polar surface area (TPSA) is 147 Å². The number of hydrogen-bond donors (Lipinski definition) is 5. The Morgan fingerprint density at radius 2 is 1.97 bits per heavy atom. The van der Waals surface area contributed by atoms with Gasteiger partial charge in [-0.25, -0.2) is 18.2 Å². The minimum atomic E-state index is -3.91. The minimum Gasteiger partial charge on any atom is -0.495 e. The van der Waals surface area contributed by atoms with Gasteiger partial charge in [-0.3, -0.25) is 0 Å². The average molecular weight is 654 g/mol. The van der Waals surface area contributed by atoms with Crippen molar-refractivity contribution in [3.8, 4) is 16.9 Å². The summed E-state index contributed by atoms with van der Waals surface area (Å²) in [7, 11) is -2.60. The molecule has 0 atom stereocenters. The molecule has 1 saturated heterocycles. The van der Waals surface area contributed by atoms with Crippen molar-refractivity contribution >= 4 is 61.8 Å². The number of ether oxygens (including phenoxy) is 1. The highest BCUT2D eigenvalue weighted by molar-refractivity contribution is 14.1. The number of alkyl halides is 3. The number of nitrogen functional groups attached to an aromatic ring is 1. The van der Waals surface area contributed by atoms with E-state index in [-0.39, 0.29) is 50.4 Å². The maximum atomic E-state index is 14.7. The van der Waals surface area contributed by atoms with E-state index in [2.05, 4.69) is 30.5 Å². The monoisotopic (exact) mass is 653 g/mol. The molecular formula is C21H23ClF2IN7O3S. The van der Waals surface area contributed by atoms with Gasteiger partial charge in [-0.2, -0.15) is 13.8 Å². The van der Waals surface area contributed by atoms with Gasteiger partial charge in [-0.05, 0) is 55.8 Å². The van der Waals surface area contributed by atoms with Crippen molar-refractivity contribution in [2.75, 3.05) is 31.2 Å². The molecule has 15 heteroatoms. The summed E-state index contributed by atoms with van der Waals surface area (Å²) in [4.78, 5) is 3.80. The zero-order valence-electron chi connectivity index (χ0n) is 18.9. The fraction of sp³-hybridized carbons (Fsp3) is 0.333. The molecular weight excluding hydrogens is 631 g/mol. The number of aromatic amines is 1. The Morgan fingerprint density at radius 1 is 1.25 bits per heavy atom. The molecule has 0 amide bonds. The summed E-state index contributed by atoms with van der Waals surface area (Å²) >= 11 is 7.49. The number of anilines is 3. The third-order valence-corrected chi connectivity index (χ3v) is 8.00. The second kappa shape index (κ2) is 10.6. The Bertz CT molecular complexity index is 1360. The molecule has 0 spiro atoms. The number of hydrogen-bond acceptors (Lipinski definition) is 8. The summed E-state index contributed by atoms with van der Waals surface area (Å²) in [5, 5.41) is 12.2. The first-order valence-corrected chi connectivity index (χ1v) is 13.7. The van der Waals surface area contributed by atoms with Crippen LogP contribution in [0.3, 0.4) is 0 Å². The molecule has 36 heavy (non-hydrogen) atoms. The van der Waals surface area contributed by atoms with Gasteiger partial charge in [0.25, 0.3) is 0 Å². The minimum absolute atomic E-state index is 0.000314. The number of rotatable bonds is 8. The summed E-state index contributed by atoms with van der Waals surface area (Å²) in [5.41, 5.74) is 5.62. The van der Waals surface area contributed by atoms with Gasteiger partial charge in [0, 0.05) is 45.4 Å². The molecule has 1 aromatic heterocycles. The summed E-state index contributed by atoms with van der Waals surface area (Å²) in [6.45, 7) is 1.42. The predicted molar refractivity (Wildman–Crippen MR) is 142 cm³/mol. The maximum Gasteiger partial charge on any atom is 0.322 e. The lowest BCUT2D eigenvalue weighted by atomic mass is 9.98. The Morgan fingerprint density at radius 3 is 2.58 bits per heavy atom. The van der Waals surface area contributed by atoms with Crippen LogP contribution in [-0.2, 0) is 14.0 Å². The van der Waals surface area contributed by atoms with Gasteiger partial charge in [0.05, 0.1) is 12.1 Å². The molecule has 2 heterocycles. The molecule has 1 aliphatic heterocycles. The molecule has 6 N–H and O–H groups in total. The first kappa shape index (κ1) is 26.8. The van der Waals surface area contributed by atoms with Gasteiger partial charge in [0.15, 0.2) is 0 Å². The van der Waals surface area contributed by atoms with E-state index in [0.29, 0.717) is 25.9 Å². The first-order valence-electron chi connectivity index (χ1n) is 10.7. The fourth-order valence-electron chi connectivity index (χ4n) is 3.92. The van der Waals surface area contributed by atoms with Gasteiger partial charge >= 0.3 is 3.93 Å². The lowest BCUT2D eigenvalue weighted by molar-refractivity contribution is 0.128. The van der Waals surface area contributed by atoms with Crippen LogP contribution in [0.5, 0.6) is 5.75 Å². The third-order valence-electron chi connectivity index (χ3n) is 5.56. The fourth-order valence-corrected chi connectivity index (χ4v) is 6.13. The summed E-state index contributed by atoms with van der Waals surface area (Å²) in [5.74, 6) is 0.138. The van der Waals surface area contributed by atoms with Crippen molar-refractivity contribution in [3.63, 3.8) is 0 Å². The van der Waals surface area contributed by atoms with Crippen molar-refractivity contribution in [2.45, 2.75) is 27.7 Å². The maximum absolute atomic E-state index is 14.7. The zero-order chi connectivity index (χ0) is 26.1. The van der Waals surface area contributed by atoms with Crippen molar-refractivity contribution in [2.24, 2.45) is 0 Å². The number of methoxy groups -OCH3 is 1. The van der Waals surface area contributed by atoms with Crippen LogP contribution >= 0.6 is 34.2 Å². The second-order valence-corrected chi connectivity index (χ2v) is 11.5. The molecule has 194 valence electrons. The number of nitrogens with one attached hydrogen (secondary N) is 4. The van der Waals surface area contributed by atoms with Gasteiger partial charge in [-0.1, -0.05) is 17.7 Å². The van der Waals surface area contributed by atoms with Crippen LogP contribution in [0, 0.1) is 0 Å². The van der Waals surface area contributed by atoms with Crippen LogP contribution in [0.15, 0.2) is 35.2 Å². The van der Waals surface area contributed by atoms with Crippen LogP contribution in [0.25, 0.3) is 11.1 Å². The van der Waals surface area contributed by atoms with E-state index in [1.54, 1.807) is 0 Å². The Hall–Kier alpha value is -2.27. The van der Waals surface area contributed by atoms with Crippen molar-refractivity contribution in [1.29, 1.82) is 0 Å². The Kier molecular flexibility index (Phi) is 7.89. The second-order valence-electron chi connectivity index (χ2n) is 8.06. The number of halogens is 4. The number of aromatic nitrogens is 3. The lowest BCUT2D eigenvalue weighted by Gasteiger charge is -2.24. The highest BCUT2D eigenvalue weighted by atomic mass is 127. The van der Waals surface area contributed by atoms with Gasteiger partial charge in [-0.15, -0.1) is 5.10 Å². The normalized spacial score (nSPS) is 15.1. The molecule has 10 nitrogen and oxygen atoms in total. The van der Waals surface area contributed by atoms with Crippen molar-refractivity contribution < 1.29 is 21.9 Å². The Labute approximate surface area is 224 Å². The highest BCUT2D eigenvalue weighted by Crippen LogP contribution is 2.46. The van der Waals surface area contributed by atoms with Crippen LogP contribution in [0.4, 0.5) is 26.4 Å². The molecule has 4 rings (SSSR count). The van der Waals surface area contributed by atoms with Crippen LogP contribution in [0.1, 0.15) is 18.4 Å². The van der Waals surface area contributed by atoms with E-state index in [4.69, 9.17) is 22.1 Å². The van der Waals surface area contributed by atoms with Crippen LogP contribution in [0.2, 0.25) is 5.02 Å². The standard InChI is InChI=1S/C21H23ClF2IN7O3S/c1-35-16-8-11(2-3-17(16)36(33,34)32-12-4-6-27-7-5-12)18-14(21(23,24)25)9-13(10-15(18)22)28-20-29-19(26)30-31-20/h2-3,8-10,12,27,32H,4-7H2,1H3,(H4,26,28,29,30,31). The Balaban J connectivity index is 1.73. The SMILES string of the molecule is COc1cc(-c2c(Cl)cc(Nc3n[nH]c(N)n3)cc2C(F)(F)I)ccc1S(=O)(=O)NC1CCNCC1. The van der Waals surface area contributed by atoms with Gasteiger partial charge in [0.2, 0.25) is 21.9 Å². The molecule has 0 aliphatic carbocycles. The van der Waals surface area contributed by atoms with E-state index in [1.807, 2.05) is 0 Å². The molecule has 0 unspecified atom stereocenters. The molecule has 3 aromatic rings. The van der Waals surface area contributed by atoms with E-state index in [1.165, 1.54) is 37.4 Å². The molecule has 2 aromatic carbocycles. The first-order chi connectivity index (χ1) is 17.0. The smallest absolute Gasteiger partial charge is 0.322 e. The van der Waals surface area contributed by atoms with Crippen molar-refractivity contribution in [1.82, 2.24) is 25.2 Å². The third kappa shape index (κ3) is 5.99. The molecule has 1 fully saturated rings. The number of nitrogens with two attached hydrogens (primary N) is 1.